The van der Waals surface area contributed by atoms with Crippen molar-refractivity contribution in [3.63, 3.8) is 0 Å². The molecule has 1 aromatic heterocycles. The molecule has 15 heavy (non-hydrogen) atoms. The molecular weight excluding hydrogens is 192 g/mol. The first-order valence-corrected chi connectivity index (χ1v) is 5.27. The lowest BCUT2D eigenvalue weighted by atomic mass is 10.1. The van der Waals surface area contributed by atoms with E-state index in [0.29, 0.717) is 23.7 Å². The third-order valence-electron chi connectivity index (χ3n) is 3.43. The maximum absolute atomic E-state index is 9.65. The number of anilines is 2. The summed E-state index contributed by atoms with van der Waals surface area (Å²) in [6.07, 6.45) is 3.44. The number of nitrogens with zero attached hydrogens (tertiary/aromatic N) is 3. The van der Waals surface area contributed by atoms with Crippen LogP contribution in [0.25, 0.3) is 0 Å². The molecule has 5 nitrogen and oxygen atoms in total. The summed E-state index contributed by atoms with van der Waals surface area (Å²) in [6, 6.07) is 2.08. The summed E-state index contributed by atoms with van der Waals surface area (Å²) >= 11 is 0. The Balaban J connectivity index is 1.86. The Kier molecular flexibility index (Phi) is 1.82. The second kappa shape index (κ2) is 3.06. The van der Waals surface area contributed by atoms with Crippen molar-refractivity contribution < 1.29 is 5.11 Å². The van der Waals surface area contributed by atoms with E-state index in [1.54, 1.807) is 12.3 Å². The van der Waals surface area contributed by atoms with Crippen molar-refractivity contribution in [3.8, 4) is 0 Å². The number of hydrogen-bond donors (Lipinski definition) is 2. The molecule has 1 aromatic rings. The molecule has 5 heteroatoms. The van der Waals surface area contributed by atoms with Crippen LogP contribution in [0.15, 0.2) is 12.3 Å². The average Bonchev–Trinajstić information content (AvgIpc) is 2.76. The fourth-order valence-electron chi connectivity index (χ4n) is 2.67. The van der Waals surface area contributed by atoms with Crippen molar-refractivity contribution in [2.24, 2.45) is 5.92 Å². The molecule has 0 aromatic carbocycles. The van der Waals surface area contributed by atoms with Gasteiger partial charge < -0.3 is 15.7 Å². The van der Waals surface area contributed by atoms with E-state index in [9.17, 15) is 5.11 Å². The van der Waals surface area contributed by atoms with Crippen LogP contribution in [0.2, 0.25) is 0 Å². The third kappa shape index (κ3) is 1.34. The lowest BCUT2D eigenvalue weighted by Gasteiger charge is -2.29. The average molecular weight is 206 g/mol. The van der Waals surface area contributed by atoms with Gasteiger partial charge in [-0.05, 0) is 18.9 Å². The van der Waals surface area contributed by atoms with Gasteiger partial charge in [0.25, 0.3) is 0 Å². The van der Waals surface area contributed by atoms with Gasteiger partial charge >= 0.3 is 0 Å². The molecule has 3 rings (SSSR count). The second-order valence-electron chi connectivity index (χ2n) is 4.39. The highest BCUT2D eigenvalue weighted by Crippen LogP contribution is 2.39. The van der Waals surface area contributed by atoms with Crippen LogP contribution in [-0.4, -0.2) is 33.8 Å². The van der Waals surface area contributed by atoms with E-state index < -0.39 is 0 Å². The number of piperidine rings is 1. The van der Waals surface area contributed by atoms with Crippen LogP contribution in [0.3, 0.4) is 0 Å². The molecular formula is C10H14N4O. The van der Waals surface area contributed by atoms with Crippen LogP contribution in [0.1, 0.15) is 12.8 Å². The number of fused-ring (bicyclic) bond motifs is 2. The lowest BCUT2D eigenvalue weighted by molar-refractivity contribution is 0.126. The van der Waals surface area contributed by atoms with E-state index in [2.05, 4.69) is 14.9 Å². The fourth-order valence-corrected chi connectivity index (χ4v) is 2.67. The number of nitrogens with two attached hydrogens (primary N) is 1. The summed E-state index contributed by atoms with van der Waals surface area (Å²) < 4.78 is 0. The minimum atomic E-state index is -0.132. The second-order valence-corrected chi connectivity index (χ2v) is 4.39. The maximum Gasteiger partial charge on any atom is 0.227 e. The summed E-state index contributed by atoms with van der Waals surface area (Å²) in [5.41, 5.74) is 5.62. The third-order valence-corrected chi connectivity index (χ3v) is 3.43. The van der Waals surface area contributed by atoms with Crippen molar-refractivity contribution in [1.29, 1.82) is 0 Å². The summed E-state index contributed by atoms with van der Waals surface area (Å²) in [4.78, 5) is 10.6. The molecule has 3 unspecified atom stereocenters. The minimum Gasteiger partial charge on any atom is -0.393 e. The molecule has 2 aliphatic rings. The van der Waals surface area contributed by atoms with Gasteiger partial charge in [0.05, 0.1) is 6.10 Å². The number of aromatic nitrogens is 2. The van der Waals surface area contributed by atoms with E-state index in [4.69, 9.17) is 5.73 Å². The van der Waals surface area contributed by atoms with Gasteiger partial charge in [0.2, 0.25) is 5.95 Å². The smallest absolute Gasteiger partial charge is 0.227 e. The highest BCUT2D eigenvalue weighted by molar-refractivity contribution is 5.41. The van der Waals surface area contributed by atoms with Crippen LogP contribution in [0.4, 0.5) is 11.8 Å². The molecule has 0 amide bonds. The Hall–Kier alpha value is -1.36. The predicted octanol–water partition coefficient (Wildman–Crippen LogP) is 0.0183. The van der Waals surface area contributed by atoms with Gasteiger partial charge in [0, 0.05) is 24.7 Å². The zero-order valence-corrected chi connectivity index (χ0v) is 8.37. The van der Waals surface area contributed by atoms with Gasteiger partial charge in [-0.3, -0.25) is 0 Å². The first-order chi connectivity index (χ1) is 7.24. The van der Waals surface area contributed by atoms with Crippen molar-refractivity contribution >= 4 is 11.8 Å². The Labute approximate surface area is 87.9 Å². The van der Waals surface area contributed by atoms with Crippen LogP contribution in [-0.2, 0) is 0 Å². The monoisotopic (exact) mass is 206 g/mol. The number of nitrogen functional groups attached to an aromatic ring is 1. The number of rotatable bonds is 1. The van der Waals surface area contributed by atoms with Crippen molar-refractivity contribution in [2.75, 3.05) is 17.2 Å². The van der Waals surface area contributed by atoms with Gasteiger partial charge in [0.15, 0.2) is 0 Å². The molecule has 3 atom stereocenters. The highest BCUT2D eigenvalue weighted by atomic mass is 16.3. The standard InChI is InChI=1S/C10H14N4O/c11-9-1-2-12-10(13-9)14-5-6-3-7(14)4-8(6)15/h1-2,6-8,15H,3-5H2,(H2,11,12,13). The van der Waals surface area contributed by atoms with Gasteiger partial charge in [0.1, 0.15) is 5.82 Å². The highest BCUT2D eigenvalue weighted by Gasteiger charge is 2.44. The van der Waals surface area contributed by atoms with Crippen LogP contribution < -0.4 is 10.6 Å². The first kappa shape index (κ1) is 8.91. The van der Waals surface area contributed by atoms with Gasteiger partial charge in [-0.25, -0.2) is 4.98 Å². The summed E-state index contributed by atoms with van der Waals surface area (Å²) in [6.45, 7) is 0.856. The number of aliphatic hydroxyl groups is 1. The van der Waals surface area contributed by atoms with E-state index >= 15 is 0 Å². The van der Waals surface area contributed by atoms with Crippen molar-refractivity contribution in [2.45, 2.75) is 25.0 Å². The topological polar surface area (TPSA) is 75.3 Å². The minimum absolute atomic E-state index is 0.132. The maximum atomic E-state index is 9.65. The molecule has 0 radical (unpaired) electrons. The molecule has 1 saturated heterocycles. The Morgan fingerprint density at radius 1 is 1.47 bits per heavy atom. The largest absolute Gasteiger partial charge is 0.393 e. The first-order valence-electron chi connectivity index (χ1n) is 5.27. The zero-order chi connectivity index (χ0) is 10.4. The van der Waals surface area contributed by atoms with E-state index in [-0.39, 0.29) is 6.10 Å². The Bertz CT molecular complexity index is 381. The molecule has 1 aliphatic carbocycles. The van der Waals surface area contributed by atoms with Crippen LogP contribution >= 0.6 is 0 Å². The SMILES string of the molecule is Nc1ccnc(N2CC3CC2CC3O)n1. The van der Waals surface area contributed by atoms with E-state index in [1.807, 2.05) is 0 Å². The van der Waals surface area contributed by atoms with Crippen LogP contribution in [0, 0.1) is 5.92 Å². The number of hydrogen-bond acceptors (Lipinski definition) is 5. The number of aliphatic hydroxyl groups excluding tert-OH is 1. The molecule has 3 N–H and O–H groups in total. The molecule has 2 heterocycles. The van der Waals surface area contributed by atoms with Gasteiger partial charge in [-0.1, -0.05) is 0 Å². The van der Waals surface area contributed by atoms with Crippen molar-refractivity contribution in [3.05, 3.63) is 12.3 Å². The van der Waals surface area contributed by atoms with E-state index in [1.165, 1.54) is 0 Å². The quantitative estimate of drug-likeness (QED) is 0.677. The zero-order valence-electron chi connectivity index (χ0n) is 8.37. The molecule has 2 bridgehead atoms. The fraction of sp³-hybridized carbons (Fsp3) is 0.600. The normalized spacial score (nSPS) is 33.7. The molecule has 1 aliphatic heterocycles. The molecule has 1 saturated carbocycles. The molecule has 80 valence electrons. The summed E-state index contributed by atoms with van der Waals surface area (Å²) in [5, 5.41) is 9.65. The van der Waals surface area contributed by atoms with Gasteiger partial charge in [-0.15, -0.1) is 0 Å². The summed E-state index contributed by atoms with van der Waals surface area (Å²) in [7, 11) is 0. The van der Waals surface area contributed by atoms with E-state index in [0.717, 1.165) is 19.4 Å². The van der Waals surface area contributed by atoms with Gasteiger partial charge in [-0.2, -0.15) is 4.98 Å². The summed E-state index contributed by atoms with van der Waals surface area (Å²) in [5.74, 6) is 1.60. The Morgan fingerprint density at radius 3 is 2.93 bits per heavy atom. The lowest BCUT2D eigenvalue weighted by Crippen LogP contribution is -2.38. The predicted molar refractivity (Wildman–Crippen MR) is 56.3 cm³/mol. The van der Waals surface area contributed by atoms with Crippen molar-refractivity contribution in [1.82, 2.24) is 9.97 Å². The Morgan fingerprint density at radius 2 is 2.33 bits per heavy atom. The molecule has 0 spiro atoms. The van der Waals surface area contributed by atoms with Crippen LogP contribution in [0.5, 0.6) is 0 Å². The molecule has 2 fully saturated rings.